The molecule has 7 heteroatoms. The Kier molecular flexibility index (Phi) is 6.83. The lowest BCUT2D eigenvalue weighted by Crippen LogP contribution is -2.39. The van der Waals surface area contributed by atoms with Crippen LogP contribution in [0.25, 0.3) is 10.2 Å². The standard InChI is InChI=1S/C23H26BrN3O2S/c1-16-13-17(2)21-20(14-16)25-23(30-21)27(8-4-7-26-9-11-29-12-10-26)22(28)18-5-3-6-19(24)15-18/h3,5-6,13-15H,4,7-12H2,1-2H3. The molecule has 1 fully saturated rings. The van der Waals surface area contributed by atoms with Crippen molar-refractivity contribution in [3.8, 4) is 0 Å². The lowest BCUT2D eigenvalue weighted by atomic mass is 10.1. The fourth-order valence-corrected chi connectivity index (χ4v) is 5.26. The minimum Gasteiger partial charge on any atom is -0.379 e. The number of morpholine rings is 1. The Labute approximate surface area is 189 Å². The molecule has 1 aliphatic rings. The van der Waals surface area contributed by atoms with Crippen molar-refractivity contribution in [2.45, 2.75) is 20.3 Å². The summed E-state index contributed by atoms with van der Waals surface area (Å²) in [6.07, 6.45) is 0.897. The summed E-state index contributed by atoms with van der Waals surface area (Å²) in [5.74, 6) is -0.00768. The van der Waals surface area contributed by atoms with Crippen molar-refractivity contribution in [3.05, 3.63) is 57.6 Å². The van der Waals surface area contributed by atoms with Crippen LogP contribution < -0.4 is 4.90 Å². The number of amides is 1. The van der Waals surface area contributed by atoms with E-state index in [9.17, 15) is 4.79 Å². The zero-order valence-electron chi connectivity index (χ0n) is 17.4. The lowest BCUT2D eigenvalue weighted by Gasteiger charge is -2.27. The number of carbonyl (C=O) groups is 1. The van der Waals surface area contributed by atoms with E-state index in [1.54, 1.807) is 11.3 Å². The molecule has 0 N–H and O–H groups in total. The number of nitrogens with zero attached hydrogens (tertiary/aromatic N) is 3. The molecule has 3 aromatic rings. The molecular weight excluding hydrogens is 462 g/mol. The summed E-state index contributed by atoms with van der Waals surface area (Å²) in [5.41, 5.74) is 4.03. The van der Waals surface area contributed by atoms with E-state index < -0.39 is 0 Å². The summed E-state index contributed by atoms with van der Waals surface area (Å²) >= 11 is 5.09. The maximum atomic E-state index is 13.4. The molecule has 0 aliphatic carbocycles. The number of thiazole rings is 1. The van der Waals surface area contributed by atoms with E-state index in [1.807, 2.05) is 29.2 Å². The molecule has 1 saturated heterocycles. The molecule has 5 nitrogen and oxygen atoms in total. The maximum Gasteiger partial charge on any atom is 0.260 e. The third-order valence-electron chi connectivity index (χ3n) is 5.32. The summed E-state index contributed by atoms with van der Waals surface area (Å²) in [4.78, 5) is 22.5. The Morgan fingerprint density at radius 3 is 2.80 bits per heavy atom. The van der Waals surface area contributed by atoms with Crippen LogP contribution in [0, 0.1) is 13.8 Å². The van der Waals surface area contributed by atoms with Gasteiger partial charge in [-0.3, -0.25) is 14.6 Å². The second-order valence-electron chi connectivity index (χ2n) is 7.70. The molecule has 0 radical (unpaired) electrons. The number of hydrogen-bond donors (Lipinski definition) is 0. The second-order valence-corrected chi connectivity index (χ2v) is 9.59. The van der Waals surface area contributed by atoms with Gasteiger partial charge in [-0.05, 0) is 55.7 Å². The van der Waals surface area contributed by atoms with Gasteiger partial charge in [0.15, 0.2) is 5.13 Å². The Morgan fingerprint density at radius 1 is 1.23 bits per heavy atom. The zero-order chi connectivity index (χ0) is 21.1. The molecule has 30 heavy (non-hydrogen) atoms. The molecule has 0 spiro atoms. The van der Waals surface area contributed by atoms with Crippen LogP contribution in [0.2, 0.25) is 0 Å². The minimum atomic E-state index is -0.00768. The van der Waals surface area contributed by atoms with Crippen molar-refractivity contribution in [3.63, 3.8) is 0 Å². The van der Waals surface area contributed by atoms with Crippen molar-refractivity contribution in [1.29, 1.82) is 0 Å². The molecule has 1 aliphatic heterocycles. The van der Waals surface area contributed by atoms with Gasteiger partial charge in [-0.15, -0.1) is 0 Å². The van der Waals surface area contributed by atoms with Gasteiger partial charge in [-0.1, -0.05) is 39.4 Å². The SMILES string of the molecule is Cc1cc(C)c2sc(N(CCCN3CCOCC3)C(=O)c3cccc(Br)c3)nc2c1. The van der Waals surface area contributed by atoms with Crippen molar-refractivity contribution in [2.24, 2.45) is 0 Å². The highest BCUT2D eigenvalue weighted by atomic mass is 79.9. The van der Waals surface area contributed by atoms with Gasteiger partial charge in [0.25, 0.3) is 5.91 Å². The predicted octanol–water partition coefficient (Wildman–Crippen LogP) is 5.04. The molecule has 0 bridgehead atoms. The molecule has 0 saturated carbocycles. The maximum absolute atomic E-state index is 13.4. The Bertz CT molecular complexity index is 1050. The van der Waals surface area contributed by atoms with Crippen LogP contribution in [-0.2, 0) is 4.74 Å². The number of aryl methyl sites for hydroxylation is 2. The van der Waals surface area contributed by atoms with Gasteiger partial charge in [0.05, 0.1) is 23.4 Å². The number of aromatic nitrogens is 1. The van der Waals surface area contributed by atoms with E-state index in [0.29, 0.717) is 12.1 Å². The highest BCUT2D eigenvalue weighted by Gasteiger charge is 2.22. The number of halogens is 1. The zero-order valence-corrected chi connectivity index (χ0v) is 19.8. The van der Waals surface area contributed by atoms with Crippen LogP contribution in [0.15, 0.2) is 40.9 Å². The Balaban J connectivity index is 1.60. The summed E-state index contributed by atoms with van der Waals surface area (Å²) in [6.45, 7) is 9.27. The number of anilines is 1. The van der Waals surface area contributed by atoms with E-state index in [2.05, 4.69) is 46.8 Å². The summed E-state index contributed by atoms with van der Waals surface area (Å²) < 4.78 is 7.49. The first-order chi connectivity index (χ1) is 14.5. The molecule has 4 rings (SSSR count). The molecule has 1 amide bonds. The summed E-state index contributed by atoms with van der Waals surface area (Å²) in [6, 6.07) is 11.8. The highest BCUT2D eigenvalue weighted by molar-refractivity contribution is 9.10. The molecule has 0 unspecified atom stereocenters. The normalized spacial score (nSPS) is 14.9. The number of fused-ring (bicyclic) bond motifs is 1. The largest absolute Gasteiger partial charge is 0.379 e. The topological polar surface area (TPSA) is 45.7 Å². The molecule has 2 heterocycles. The van der Waals surface area contributed by atoms with E-state index in [0.717, 1.165) is 59.1 Å². The molecular formula is C23H26BrN3O2S. The van der Waals surface area contributed by atoms with Crippen molar-refractivity contribution in [1.82, 2.24) is 9.88 Å². The number of benzene rings is 2. The Hall–Kier alpha value is -1.80. The van der Waals surface area contributed by atoms with E-state index in [4.69, 9.17) is 9.72 Å². The van der Waals surface area contributed by atoms with Gasteiger partial charge in [0.2, 0.25) is 0 Å². The third kappa shape index (κ3) is 4.91. The quantitative estimate of drug-likeness (QED) is 0.488. The molecule has 1 aromatic heterocycles. The lowest BCUT2D eigenvalue weighted by molar-refractivity contribution is 0.0376. The summed E-state index contributed by atoms with van der Waals surface area (Å²) in [7, 11) is 0. The Morgan fingerprint density at radius 2 is 2.03 bits per heavy atom. The van der Waals surface area contributed by atoms with Crippen LogP contribution >= 0.6 is 27.3 Å². The fraction of sp³-hybridized carbons (Fsp3) is 0.391. The average molecular weight is 488 g/mol. The van der Waals surface area contributed by atoms with Gasteiger partial charge >= 0.3 is 0 Å². The highest BCUT2D eigenvalue weighted by Crippen LogP contribution is 2.33. The van der Waals surface area contributed by atoms with E-state index in [1.165, 1.54) is 11.1 Å². The number of hydrogen-bond acceptors (Lipinski definition) is 5. The average Bonchev–Trinajstić information content (AvgIpc) is 3.15. The summed E-state index contributed by atoms with van der Waals surface area (Å²) in [5, 5.41) is 0.769. The van der Waals surface area contributed by atoms with Gasteiger partial charge in [0, 0.05) is 36.2 Å². The van der Waals surface area contributed by atoms with Gasteiger partial charge in [0.1, 0.15) is 0 Å². The number of ether oxygens (including phenoxy) is 1. The molecule has 0 atom stereocenters. The van der Waals surface area contributed by atoms with E-state index in [-0.39, 0.29) is 5.91 Å². The van der Waals surface area contributed by atoms with Gasteiger partial charge < -0.3 is 4.74 Å². The smallest absolute Gasteiger partial charge is 0.260 e. The van der Waals surface area contributed by atoms with Crippen molar-refractivity contribution < 1.29 is 9.53 Å². The third-order valence-corrected chi connectivity index (χ3v) is 7.04. The number of rotatable bonds is 6. The first-order valence-corrected chi connectivity index (χ1v) is 11.9. The van der Waals surface area contributed by atoms with E-state index >= 15 is 0 Å². The van der Waals surface area contributed by atoms with Crippen molar-refractivity contribution >= 4 is 48.5 Å². The van der Waals surface area contributed by atoms with Crippen LogP contribution in [-0.4, -0.2) is 55.2 Å². The minimum absolute atomic E-state index is 0.00768. The van der Waals surface area contributed by atoms with Gasteiger partial charge in [-0.2, -0.15) is 0 Å². The first-order valence-electron chi connectivity index (χ1n) is 10.3. The van der Waals surface area contributed by atoms with Crippen LogP contribution in [0.4, 0.5) is 5.13 Å². The van der Waals surface area contributed by atoms with Crippen LogP contribution in [0.3, 0.4) is 0 Å². The first kappa shape index (κ1) is 21.4. The van der Waals surface area contributed by atoms with Crippen molar-refractivity contribution in [2.75, 3.05) is 44.3 Å². The second kappa shape index (κ2) is 9.56. The molecule has 2 aromatic carbocycles. The van der Waals surface area contributed by atoms with Gasteiger partial charge in [-0.25, -0.2) is 4.98 Å². The predicted molar refractivity (Wildman–Crippen MR) is 127 cm³/mol. The van der Waals surface area contributed by atoms with Crippen LogP contribution in [0.5, 0.6) is 0 Å². The monoisotopic (exact) mass is 487 g/mol. The fourth-order valence-electron chi connectivity index (χ4n) is 3.82. The number of carbonyl (C=O) groups excluding carboxylic acids is 1. The van der Waals surface area contributed by atoms with Crippen LogP contribution in [0.1, 0.15) is 27.9 Å². The molecule has 158 valence electrons.